The maximum absolute atomic E-state index is 12.5. The molecule has 0 aliphatic heterocycles. The van der Waals surface area contributed by atoms with Crippen LogP contribution in [0.4, 0.5) is 4.79 Å². The standard InChI is InChI=1S/C18H34N2O5/c1-8-11-25-18(23)20(7)14(4)16(21)19(6)15(5)17(22)24-12-9-10-13(2)3/h13-15H,8-12H2,1-7H3. The zero-order chi connectivity index (χ0) is 19.6. The average molecular weight is 358 g/mol. The molecule has 2 atom stereocenters. The van der Waals surface area contributed by atoms with Crippen LogP contribution < -0.4 is 0 Å². The lowest BCUT2D eigenvalue weighted by Crippen LogP contribution is -2.51. The first kappa shape index (κ1) is 23.2. The number of nitrogens with zero attached hydrogens (tertiary/aromatic N) is 2. The van der Waals surface area contributed by atoms with Gasteiger partial charge >= 0.3 is 12.1 Å². The van der Waals surface area contributed by atoms with E-state index in [0.717, 1.165) is 12.8 Å². The summed E-state index contributed by atoms with van der Waals surface area (Å²) >= 11 is 0. The number of amides is 2. The minimum atomic E-state index is -0.731. The number of rotatable bonds is 10. The quantitative estimate of drug-likeness (QED) is 0.443. The van der Waals surface area contributed by atoms with E-state index < -0.39 is 24.1 Å². The van der Waals surface area contributed by atoms with Crippen LogP contribution in [-0.2, 0) is 19.1 Å². The number of carbonyl (C=O) groups is 3. The van der Waals surface area contributed by atoms with Crippen molar-refractivity contribution in [3.8, 4) is 0 Å². The van der Waals surface area contributed by atoms with Crippen molar-refractivity contribution in [1.29, 1.82) is 0 Å². The van der Waals surface area contributed by atoms with E-state index in [1.807, 2.05) is 6.92 Å². The van der Waals surface area contributed by atoms with Crippen molar-refractivity contribution in [2.24, 2.45) is 5.92 Å². The summed E-state index contributed by atoms with van der Waals surface area (Å²) in [6, 6.07) is -1.44. The summed E-state index contributed by atoms with van der Waals surface area (Å²) < 4.78 is 10.2. The van der Waals surface area contributed by atoms with Crippen molar-refractivity contribution < 1.29 is 23.9 Å². The first-order chi connectivity index (χ1) is 11.6. The number of hydrogen-bond donors (Lipinski definition) is 0. The number of likely N-dealkylation sites (N-methyl/N-ethyl adjacent to an activating group) is 2. The molecule has 0 aromatic heterocycles. The van der Waals surface area contributed by atoms with Gasteiger partial charge in [-0.15, -0.1) is 0 Å². The second-order valence-electron chi connectivity index (χ2n) is 6.73. The number of carbonyl (C=O) groups excluding carboxylic acids is 3. The fraction of sp³-hybridized carbons (Fsp3) is 0.833. The highest BCUT2D eigenvalue weighted by atomic mass is 16.6. The highest BCUT2D eigenvalue weighted by Gasteiger charge is 2.31. The summed E-state index contributed by atoms with van der Waals surface area (Å²) in [6.07, 6.45) is 1.94. The molecule has 0 saturated carbocycles. The molecule has 0 heterocycles. The van der Waals surface area contributed by atoms with E-state index in [1.165, 1.54) is 23.9 Å². The minimum absolute atomic E-state index is 0.305. The van der Waals surface area contributed by atoms with E-state index in [2.05, 4.69) is 13.8 Å². The Kier molecular flexibility index (Phi) is 10.9. The molecule has 0 rings (SSSR count). The van der Waals surface area contributed by atoms with Gasteiger partial charge in [-0.3, -0.25) is 9.69 Å². The predicted octanol–water partition coefficient (Wildman–Crippen LogP) is 2.68. The summed E-state index contributed by atoms with van der Waals surface area (Å²) in [6.45, 7) is 9.99. The van der Waals surface area contributed by atoms with Crippen molar-refractivity contribution in [3.63, 3.8) is 0 Å². The van der Waals surface area contributed by atoms with Crippen molar-refractivity contribution >= 4 is 18.0 Å². The Morgan fingerprint density at radius 2 is 1.48 bits per heavy atom. The molecule has 7 heteroatoms. The van der Waals surface area contributed by atoms with Gasteiger partial charge in [0.25, 0.3) is 0 Å². The van der Waals surface area contributed by atoms with Crippen LogP contribution in [0.5, 0.6) is 0 Å². The van der Waals surface area contributed by atoms with E-state index in [0.29, 0.717) is 25.6 Å². The fourth-order valence-electron chi connectivity index (χ4n) is 2.04. The summed E-state index contributed by atoms with van der Waals surface area (Å²) in [7, 11) is 3.04. The SMILES string of the molecule is CCCOC(=O)N(C)C(C)C(=O)N(C)C(C)C(=O)OCCCC(C)C. The first-order valence-electron chi connectivity index (χ1n) is 8.96. The van der Waals surface area contributed by atoms with Gasteiger partial charge < -0.3 is 14.4 Å². The Morgan fingerprint density at radius 3 is 2.00 bits per heavy atom. The van der Waals surface area contributed by atoms with E-state index in [4.69, 9.17) is 9.47 Å². The highest BCUT2D eigenvalue weighted by molar-refractivity contribution is 5.89. The lowest BCUT2D eigenvalue weighted by molar-refractivity contribution is -0.154. The maximum Gasteiger partial charge on any atom is 0.410 e. The van der Waals surface area contributed by atoms with Gasteiger partial charge in [0.2, 0.25) is 5.91 Å². The van der Waals surface area contributed by atoms with Crippen LogP contribution in [0.25, 0.3) is 0 Å². The molecule has 25 heavy (non-hydrogen) atoms. The Hall–Kier alpha value is -1.79. The van der Waals surface area contributed by atoms with Gasteiger partial charge in [0.05, 0.1) is 13.2 Å². The van der Waals surface area contributed by atoms with Crippen LogP contribution >= 0.6 is 0 Å². The molecule has 2 unspecified atom stereocenters. The van der Waals surface area contributed by atoms with Crippen LogP contribution in [0.3, 0.4) is 0 Å². The molecule has 0 saturated heterocycles. The molecule has 146 valence electrons. The number of esters is 1. The molecule has 0 radical (unpaired) electrons. The van der Waals surface area contributed by atoms with Crippen molar-refractivity contribution in [3.05, 3.63) is 0 Å². The van der Waals surface area contributed by atoms with Gasteiger partial charge in [-0.25, -0.2) is 9.59 Å². The molecule has 2 amide bonds. The van der Waals surface area contributed by atoms with Crippen LogP contribution in [0.2, 0.25) is 0 Å². The summed E-state index contributed by atoms with van der Waals surface area (Å²) in [5.74, 6) is -0.227. The number of ether oxygens (including phenoxy) is 2. The molecule has 0 bridgehead atoms. The molecular weight excluding hydrogens is 324 g/mol. The van der Waals surface area contributed by atoms with Gasteiger partial charge in [0, 0.05) is 14.1 Å². The van der Waals surface area contributed by atoms with Gasteiger partial charge in [-0.2, -0.15) is 0 Å². The molecule has 0 N–H and O–H groups in total. The van der Waals surface area contributed by atoms with Crippen LogP contribution in [0.1, 0.15) is 53.9 Å². The summed E-state index contributed by atoms with van der Waals surface area (Å²) in [4.78, 5) is 39.0. The lowest BCUT2D eigenvalue weighted by Gasteiger charge is -2.30. The molecule has 0 fully saturated rings. The van der Waals surface area contributed by atoms with Crippen molar-refractivity contribution in [2.45, 2.75) is 66.0 Å². The molecule has 7 nitrogen and oxygen atoms in total. The highest BCUT2D eigenvalue weighted by Crippen LogP contribution is 2.09. The Labute approximate surface area is 151 Å². The van der Waals surface area contributed by atoms with E-state index >= 15 is 0 Å². The predicted molar refractivity (Wildman–Crippen MR) is 96.1 cm³/mol. The van der Waals surface area contributed by atoms with Crippen LogP contribution in [0, 0.1) is 5.92 Å². The molecular formula is C18H34N2O5. The zero-order valence-corrected chi connectivity index (χ0v) is 16.7. The molecule has 0 spiro atoms. The zero-order valence-electron chi connectivity index (χ0n) is 16.7. The van der Waals surface area contributed by atoms with Crippen molar-refractivity contribution in [2.75, 3.05) is 27.3 Å². The smallest absolute Gasteiger partial charge is 0.410 e. The van der Waals surface area contributed by atoms with E-state index in [1.54, 1.807) is 13.8 Å². The third-order valence-electron chi connectivity index (χ3n) is 4.10. The molecule has 0 aromatic carbocycles. The van der Waals surface area contributed by atoms with Crippen LogP contribution in [0.15, 0.2) is 0 Å². The van der Waals surface area contributed by atoms with Crippen molar-refractivity contribution in [1.82, 2.24) is 9.80 Å². The number of hydrogen-bond acceptors (Lipinski definition) is 5. The third kappa shape index (κ3) is 8.23. The monoisotopic (exact) mass is 358 g/mol. The Bertz CT molecular complexity index is 439. The Morgan fingerprint density at radius 1 is 0.880 bits per heavy atom. The van der Waals surface area contributed by atoms with Gasteiger partial charge in [-0.05, 0) is 39.0 Å². The average Bonchev–Trinajstić information content (AvgIpc) is 2.59. The molecule has 0 aliphatic rings. The van der Waals surface area contributed by atoms with Crippen LogP contribution in [-0.4, -0.2) is 67.2 Å². The van der Waals surface area contributed by atoms with E-state index in [-0.39, 0.29) is 5.91 Å². The van der Waals surface area contributed by atoms with Gasteiger partial charge in [0.1, 0.15) is 12.1 Å². The Balaban J connectivity index is 4.53. The summed E-state index contributed by atoms with van der Waals surface area (Å²) in [5, 5.41) is 0. The van der Waals surface area contributed by atoms with E-state index in [9.17, 15) is 14.4 Å². The third-order valence-corrected chi connectivity index (χ3v) is 4.10. The topological polar surface area (TPSA) is 76.2 Å². The largest absolute Gasteiger partial charge is 0.464 e. The summed E-state index contributed by atoms with van der Waals surface area (Å²) in [5.41, 5.74) is 0. The fourth-order valence-corrected chi connectivity index (χ4v) is 2.04. The van der Waals surface area contributed by atoms with Gasteiger partial charge in [-0.1, -0.05) is 20.8 Å². The molecule has 0 aromatic rings. The maximum atomic E-state index is 12.5. The molecule has 0 aliphatic carbocycles. The second kappa shape index (κ2) is 11.7. The minimum Gasteiger partial charge on any atom is -0.464 e. The second-order valence-corrected chi connectivity index (χ2v) is 6.73. The normalized spacial score (nSPS) is 13.1. The van der Waals surface area contributed by atoms with Gasteiger partial charge in [0.15, 0.2) is 0 Å². The first-order valence-corrected chi connectivity index (χ1v) is 8.96. The lowest BCUT2D eigenvalue weighted by atomic mass is 10.1.